The van der Waals surface area contributed by atoms with E-state index in [9.17, 15) is 29.0 Å². The molecule has 4 heterocycles. The van der Waals surface area contributed by atoms with E-state index in [1.54, 1.807) is 19.2 Å². The van der Waals surface area contributed by atoms with E-state index in [0.29, 0.717) is 30.5 Å². The second kappa shape index (κ2) is 11.5. The average Bonchev–Trinajstić information content (AvgIpc) is 3.54. The number of methoxy groups -OCH3 is 1. The highest BCUT2D eigenvalue weighted by Crippen LogP contribution is 3.02. The highest BCUT2D eigenvalue weighted by Gasteiger charge is 2.65. The zero-order chi connectivity index (χ0) is 29.9. The average molecular weight is 607 g/mol. The summed E-state index contributed by atoms with van der Waals surface area (Å²) >= 11 is 0. The number of amides is 1. The van der Waals surface area contributed by atoms with Crippen molar-refractivity contribution >= 4 is 28.1 Å². The molecule has 0 spiro atoms. The first-order valence-corrected chi connectivity index (χ1v) is 15.3. The molecule has 8 nitrogen and oxygen atoms in total. The number of nitrogens with one attached hydrogen (secondary N) is 2. The summed E-state index contributed by atoms with van der Waals surface area (Å²) in [5.41, 5.74) is 0.714. The number of fused-ring (bicyclic) bond motifs is 2. The fourth-order valence-electron chi connectivity index (χ4n) is 5.45. The number of carbonyl (C=O) groups excluding carboxylic acids is 2. The first-order chi connectivity index (χ1) is 19.2. The van der Waals surface area contributed by atoms with Gasteiger partial charge in [0.05, 0.1) is 24.4 Å². The van der Waals surface area contributed by atoms with Crippen LogP contribution in [0.2, 0.25) is 0 Å². The van der Waals surface area contributed by atoms with Crippen LogP contribution in [0, 0.1) is 0 Å². The van der Waals surface area contributed by atoms with Gasteiger partial charge in [0.25, 0.3) is 0 Å². The quantitative estimate of drug-likeness (QED) is 0.311. The maximum Gasteiger partial charge on any atom is 0.310 e. The molecular formula is C27H35F5N4O4S. The number of aromatic nitrogens is 1. The fourth-order valence-corrected chi connectivity index (χ4v) is 6.10. The number of anilines is 1. The number of carbonyl (C=O) groups is 2. The SMILES string of the molecule is CN(c1ccc(S(F)(F)(F)(F)F)cc1)C(C(=O)NC1CC2CCC(C1)O2)c1cccnc1.COC1CNC(C=O)C1. The van der Waals surface area contributed by atoms with E-state index in [1.807, 2.05) is 0 Å². The van der Waals surface area contributed by atoms with Crippen molar-refractivity contribution in [3.63, 3.8) is 0 Å². The highest BCUT2D eigenvalue weighted by molar-refractivity contribution is 8.45. The van der Waals surface area contributed by atoms with Gasteiger partial charge in [0, 0.05) is 50.4 Å². The number of rotatable bonds is 8. The standard InChI is InChI=1S/C21H24F5N3O2S.C6H11NO2/c1-29(16-4-8-19(9-5-16)32(22,23,24,25)26)20(14-3-2-10-27-13-14)21(30)28-15-11-17-6-7-18(12-15)31-17;1-9-6-2-5(4-8)7-3-6/h2-5,8-10,13,15,17-18,20H,6-7,11-12H2,1H3,(H,28,30);4-7H,2-3H2,1H3. The molecule has 0 aliphatic carbocycles. The maximum absolute atomic E-state index is 13.3. The van der Waals surface area contributed by atoms with E-state index in [2.05, 4.69) is 15.6 Å². The van der Waals surface area contributed by atoms with Crippen LogP contribution in [0.15, 0.2) is 53.7 Å². The Balaban J connectivity index is 0.000000367. The second-order valence-corrected chi connectivity index (χ2v) is 13.1. The van der Waals surface area contributed by atoms with Crippen molar-refractivity contribution in [2.75, 3.05) is 25.6 Å². The van der Waals surface area contributed by atoms with Crippen molar-refractivity contribution in [3.8, 4) is 0 Å². The van der Waals surface area contributed by atoms with Crippen molar-refractivity contribution < 1.29 is 38.5 Å². The van der Waals surface area contributed by atoms with Gasteiger partial charge >= 0.3 is 10.2 Å². The van der Waals surface area contributed by atoms with E-state index in [1.165, 1.54) is 24.3 Å². The molecule has 228 valence electrons. The van der Waals surface area contributed by atoms with Crippen LogP contribution in [0.4, 0.5) is 25.1 Å². The van der Waals surface area contributed by atoms with Crippen molar-refractivity contribution in [2.45, 2.75) is 73.4 Å². The molecule has 1 aromatic carbocycles. The van der Waals surface area contributed by atoms with Crippen molar-refractivity contribution in [1.82, 2.24) is 15.6 Å². The molecule has 3 fully saturated rings. The van der Waals surface area contributed by atoms with Gasteiger partial charge in [0.2, 0.25) is 5.91 Å². The summed E-state index contributed by atoms with van der Waals surface area (Å²) in [6.07, 6.45) is 8.58. The maximum atomic E-state index is 13.3. The molecule has 5 unspecified atom stereocenters. The second-order valence-electron chi connectivity index (χ2n) is 10.6. The number of benzene rings is 1. The molecule has 1 amide bonds. The lowest BCUT2D eigenvalue weighted by Gasteiger charge is -2.40. The minimum absolute atomic E-state index is 0.0231. The Kier molecular flexibility index (Phi) is 8.70. The van der Waals surface area contributed by atoms with Crippen LogP contribution in [0.25, 0.3) is 0 Å². The zero-order valence-electron chi connectivity index (χ0n) is 22.7. The predicted octanol–water partition coefficient (Wildman–Crippen LogP) is 5.30. The smallest absolute Gasteiger partial charge is 0.310 e. The van der Waals surface area contributed by atoms with E-state index < -0.39 is 21.2 Å². The topological polar surface area (TPSA) is 92.8 Å². The molecule has 3 aliphatic rings. The number of nitrogens with zero attached hydrogens (tertiary/aromatic N) is 2. The summed E-state index contributed by atoms with van der Waals surface area (Å²) in [6, 6.07) is 4.96. The minimum atomic E-state index is -9.77. The molecule has 0 saturated carbocycles. The number of pyridine rings is 1. The molecule has 14 heteroatoms. The third-order valence-corrected chi connectivity index (χ3v) is 8.75. The summed E-state index contributed by atoms with van der Waals surface area (Å²) in [7, 11) is -6.58. The summed E-state index contributed by atoms with van der Waals surface area (Å²) < 4.78 is 76.1. The first kappa shape index (κ1) is 31.1. The predicted molar refractivity (Wildman–Crippen MR) is 146 cm³/mol. The minimum Gasteiger partial charge on any atom is -0.380 e. The summed E-state index contributed by atoms with van der Waals surface area (Å²) in [4.78, 5) is 26.9. The molecular weight excluding hydrogens is 571 g/mol. The van der Waals surface area contributed by atoms with Crippen molar-refractivity contribution in [2.24, 2.45) is 0 Å². The fraction of sp³-hybridized carbons (Fsp3) is 0.519. The molecule has 2 aromatic rings. The molecule has 5 atom stereocenters. The molecule has 0 radical (unpaired) electrons. The van der Waals surface area contributed by atoms with Gasteiger partial charge in [-0.25, -0.2) is 0 Å². The molecule has 2 bridgehead atoms. The van der Waals surface area contributed by atoms with Crippen molar-refractivity contribution in [3.05, 3.63) is 54.4 Å². The normalized spacial score (nSPS) is 27.9. The van der Waals surface area contributed by atoms with Gasteiger partial charge in [-0.15, -0.1) is 0 Å². The van der Waals surface area contributed by atoms with Gasteiger partial charge in [-0.05, 0) is 62.4 Å². The summed E-state index contributed by atoms with van der Waals surface area (Å²) in [6.45, 7) is 0.805. The highest BCUT2D eigenvalue weighted by atomic mass is 32.5. The summed E-state index contributed by atoms with van der Waals surface area (Å²) in [5, 5.41) is 6.05. The van der Waals surface area contributed by atoms with Gasteiger partial charge in [0.1, 0.15) is 17.2 Å². The Hall–Kier alpha value is -2.81. The number of likely N-dealkylation sites (N-methyl/N-ethyl adjacent to an activating group) is 1. The third-order valence-electron chi connectivity index (χ3n) is 7.58. The van der Waals surface area contributed by atoms with Crippen LogP contribution in [0.3, 0.4) is 0 Å². The van der Waals surface area contributed by atoms with Gasteiger partial charge in [-0.3, -0.25) is 9.78 Å². The number of hydrogen-bond acceptors (Lipinski definition) is 7. The molecule has 2 N–H and O–H groups in total. The lowest BCUT2D eigenvalue weighted by Crippen LogP contribution is -2.47. The Morgan fingerprint density at radius 2 is 1.78 bits per heavy atom. The molecule has 3 saturated heterocycles. The lowest BCUT2D eigenvalue weighted by atomic mass is 10.0. The number of hydrogen-bond donors (Lipinski definition) is 2. The van der Waals surface area contributed by atoms with Crippen LogP contribution < -0.4 is 15.5 Å². The van der Waals surface area contributed by atoms with Gasteiger partial charge in [-0.2, -0.15) is 0 Å². The number of halogens is 5. The Morgan fingerprint density at radius 3 is 2.27 bits per heavy atom. The van der Waals surface area contributed by atoms with E-state index >= 15 is 0 Å². The zero-order valence-corrected chi connectivity index (χ0v) is 23.5. The van der Waals surface area contributed by atoms with E-state index in [-0.39, 0.29) is 42.0 Å². The largest absolute Gasteiger partial charge is 0.380 e. The Morgan fingerprint density at radius 1 is 1.12 bits per heavy atom. The molecule has 1 aromatic heterocycles. The lowest BCUT2D eigenvalue weighted by molar-refractivity contribution is -0.124. The van der Waals surface area contributed by atoms with E-state index in [4.69, 9.17) is 9.47 Å². The van der Waals surface area contributed by atoms with Gasteiger partial charge in [0.15, 0.2) is 0 Å². The van der Waals surface area contributed by atoms with Gasteiger partial charge < -0.3 is 29.8 Å². The molecule has 5 rings (SSSR count). The third kappa shape index (κ3) is 8.15. The monoisotopic (exact) mass is 606 g/mol. The van der Waals surface area contributed by atoms with Crippen LogP contribution in [0.1, 0.15) is 43.7 Å². The summed E-state index contributed by atoms with van der Waals surface area (Å²) in [5.74, 6) is -0.344. The molecule has 41 heavy (non-hydrogen) atoms. The number of ether oxygens (including phenoxy) is 2. The molecule has 3 aliphatic heterocycles. The number of aldehydes is 1. The van der Waals surface area contributed by atoms with Crippen LogP contribution in [-0.4, -0.2) is 68.3 Å². The van der Waals surface area contributed by atoms with Crippen LogP contribution >= 0.6 is 10.2 Å². The van der Waals surface area contributed by atoms with Gasteiger partial charge in [-0.1, -0.05) is 25.5 Å². The Bertz CT molecular complexity index is 1200. The Labute approximate surface area is 235 Å². The van der Waals surface area contributed by atoms with Crippen LogP contribution in [0.5, 0.6) is 0 Å². The van der Waals surface area contributed by atoms with Crippen LogP contribution in [-0.2, 0) is 19.1 Å². The first-order valence-electron chi connectivity index (χ1n) is 13.3. The van der Waals surface area contributed by atoms with E-state index in [0.717, 1.165) is 44.2 Å². The van der Waals surface area contributed by atoms with Crippen molar-refractivity contribution in [1.29, 1.82) is 0 Å².